The average molecular weight is 255 g/mol. The maximum atomic E-state index is 11.2. The minimum atomic E-state index is -1.09. The van der Waals surface area contributed by atoms with Crippen molar-refractivity contribution in [3.63, 3.8) is 0 Å². The first kappa shape index (κ1) is 13.9. The Kier molecular flexibility index (Phi) is 4.58. The number of nitro groups is 1. The van der Waals surface area contributed by atoms with Gasteiger partial charge in [0.15, 0.2) is 0 Å². The van der Waals surface area contributed by atoms with Gasteiger partial charge >= 0.3 is 0 Å². The molecule has 0 aliphatic rings. The Morgan fingerprint density at radius 1 is 1.56 bits per heavy atom. The van der Waals surface area contributed by atoms with E-state index in [0.717, 1.165) is 0 Å². The lowest BCUT2D eigenvalue weighted by molar-refractivity contribution is -0.384. The Morgan fingerprint density at radius 3 is 2.72 bits per heavy atom. The molecule has 5 N–H and O–H groups in total. The molecule has 0 bridgehead atoms. The lowest BCUT2D eigenvalue weighted by atomic mass is 10.1. The zero-order chi connectivity index (χ0) is 13.7. The predicted molar refractivity (Wildman–Crippen MR) is 63.2 cm³/mol. The van der Waals surface area contributed by atoms with Gasteiger partial charge in [0.1, 0.15) is 5.69 Å². The van der Waals surface area contributed by atoms with E-state index < -0.39 is 23.5 Å². The number of carbonyl (C=O) groups is 1. The van der Waals surface area contributed by atoms with Crippen LogP contribution in [0.4, 0.5) is 11.4 Å². The lowest BCUT2D eigenvalue weighted by Crippen LogP contribution is -2.25. The molecular formula is C10H13N3O5. The van der Waals surface area contributed by atoms with Crippen LogP contribution in [0.25, 0.3) is 0 Å². The number of primary amides is 1. The standard InChI is InChI=1S/C10H13N3O5/c11-10(16)7-2-1-3-8(13(17)18)9(7)12-4-6(15)5-14/h1-3,6,12,14-15H,4-5H2,(H2,11,16). The van der Waals surface area contributed by atoms with Gasteiger partial charge in [-0.2, -0.15) is 0 Å². The predicted octanol–water partition coefficient (Wildman–Crippen LogP) is -0.541. The normalized spacial score (nSPS) is 11.9. The Morgan fingerprint density at radius 2 is 2.22 bits per heavy atom. The molecule has 8 nitrogen and oxygen atoms in total. The Balaban J connectivity index is 3.11. The minimum Gasteiger partial charge on any atom is -0.394 e. The zero-order valence-electron chi connectivity index (χ0n) is 9.37. The van der Waals surface area contributed by atoms with Crippen LogP contribution in [-0.2, 0) is 0 Å². The molecule has 0 aliphatic heterocycles. The number of benzene rings is 1. The highest BCUT2D eigenvalue weighted by Gasteiger charge is 2.20. The van der Waals surface area contributed by atoms with Gasteiger partial charge in [-0.15, -0.1) is 0 Å². The van der Waals surface area contributed by atoms with Gasteiger partial charge in [0.05, 0.1) is 23.2 Å². The average Bonchev–Trinajstić information content (AvgIpc) is 2.34. The van der Waals surface area contributed by atoms with Crippen LogP contribution in [0.15, 0.2) is 18.2 Å². The monoisotopic (exact) mass is 255 g/mol. The summed E-state index contributed by atoms with van der Waals surface area (Å²) in [5.41, 5.74) is 4.67. The molecule has 0 aromatic heterocycles. The van der Waals surface area contributed by atoms with Crippen molar-refractivity contribution in [2.45, 2.75) is 6.10 Å². The first-order valence-electron chi connectivity index (χ1n) is 5.07. The van der Waals surface area contributed by atoms with E-state index in [9.17, 15) is 20.0 Å². The molecule has 18 heavy (non-hydrogen) atoms. The lowest BCUT2D eigenvalue weighted by Gasteiger charge is -2.12. The van der Waals surface area contributed by atoms with E-state index in [4.69, 9.17) is 10.8 Å². The minimum absolute atomic E-state index is 0.0469. The first-order chi connectivity index (χ1) is 8.47. The van der Waals surface area contributed by atoms with E-state index in [1.54, 1.807) is 0 Å². The van der Waals surface area contributed by atoms with Crippen LogP contribution in [0, 0.1) is 10.1 Å². The summed E-state index contributed by atoms with van der Waals surface area (Å²) < 4.78 is 0. The molecule has 1 amide bonds. The van der Waals surface area contributed by atoms with Crippen LogP contribution in [-0.4, -0.2) is 40.3 Å². The van der Waals surface area contributed by atoms with Gasteiger partial charge in [-0.25, -0.2) is 0 Å². The van der Waals surface area contributed by atoms with Gasteiger partial charge in [0.2, 0.25) is 0 Å². The summed E-state index contributed by atoms with van der Waals surface area (Å²) in [5, 5.41) is 31.2. The molecule has 0 saturated carbocycles. The van der Waals surface area contributed by atoms with E-state index in [2.05, 4.69) is 5.32 Å². The van der Waals surface area contributed by atoms with Crippen LogP contribution in [0.3, 0.4) is 0 Å². The van der Waals surface area contributed by atoms with Crippen molar-refractivity contribution in [1.29, 1.82) is 0 Å². The fourth-order valence-electron chi connectivity index (χ4n) is 1.37. The Bertz CT molecular complexity index is 431. The number of hydrogen-bond acceptors (Lipinski definition) is 6. The van der Waals surface area contributed by atoms with Crippen molar-refractivity contribution >= 4 is 17.3 Å². The SMILES string of the molecule is NC(=O)c1cccc([N+](=O)[O-])c1NCC(O)CO. The number of hydrogen-bond donors (Lipinski definition) is 4. The van der Waals surface area contributed by atoms with Crippen molar-refractivity contribution in [3.8, 4) is 0 Å². The van der Waals surface area contributed by atoms with Crippen molar-refractivity contribution in [2.24, 2.45) is 5.73 Å². The van der Waals surface area contributed by atoms with E-state index in [-0.39, 0.29) is 23.5 Å². The summed E-state index contributed by atoms with van der Waals surface area (Å²) in [6, 6.07) is 3.88. The fourth-order valence-corrected chi connectivity index (χ4v) is 1.37. The van der Waals surface area contributed by atoms with Crippen LogP contribution in [0.5, 0.6) is 0 Å². The van der Waals surface area contributed by atoms with Crippen LogP contribution < -0.4 is 11.1 Å². The number of nitrogens with one attached hydrogen (secondary N) is 1. The molecule has 0 fully saturated rings. The van der Waals surface area contributed by atoms with E-state index in [1.165, 1.54) is 18.2 Å². The second-order valence-electron chi connectivity index (χ2n) is 3.54. The highest BCUT2D eigenvalue weighted by molar-refractivity contribution is 6.00. The van der Waals surface area contributed by atoms with Crippen LogP contribution in [0.2, 0.25) is 0 Å². The summed E-state index contributed by atoms with van der Waals surface area (Å²) in [5.74, 6) is -0.820. The number of amides is 1. The van der Waals surface area contributed by atoms with Crippen LogP contribution >= 0.6 is 0 Å². The third-order valence-corrected chi connectivity index (χ3v) is 2.23. The highest BCUT2D eigenvalue weighted by atomic mass is 16.6. The molecule has 0 saturated heterocycles. The van der Waals surface area contributed by atoms with Gasteiger partial charge in [0, 0.05) is 12.6 Å². The topological polar surface area (TPSA) is 139 Å². The number of aliphatic hydroxyl groups excluding tert-OH is 2. The third-order valence-electron chi connectivity index (χ3n) is 2.23. The molecule has 0 radical (unpaired) electrons. The maximum absolute atomic E-state index is 11.2. The molecule has 1 atom stereocenters. The molecule has 98 valence electrons. The molecule has 1 rings (SSSR count). The zero-order valence-corrected chi connectivity index (χ0v) is 9.37. The largest absolute Gasteiger partial charge is 0.394 e. The number of carbonyl (C=O) groups excluding carboxylic acids is 1. The van der Waals surface area contributed by atoms with Gasteiger partial charge in [0.25, 0.3) is 11.6 Å². The Labute approximate surface area is 102 Å². The molecule has 1 unspecified atom stereocenters. The summed E-state index contributed by atoms with van der Waals surface area (Å²) in [6.45, 7) is -0.638. The van der Waals surface area contributed by atoms with Gasteiger partial charge in [-0.1, -0.05) is 6.07 Å². The van der Waals surface area contributed by atoms with Crippen molar-refractivity contribution in [3.05, 3.63) is 33.9 Å². The van der Waals surface area contributed by atoms with Crippen molar-refractivity contribution in [2.75, 3.05) is 18.5 Å². The second kappa shape index (κ2) is 5.94. The molecule has 0 spiro atoms. The molecule has 1 aromatic rings. The number of anilines is 1. The second-order valence-corrected chi connectivity index (χ2v) is 3.54. The van der Waals surface area contributed by atoms with Crippen molar-refractivity contribution < 1.29 is 19.9 Å². The van der Waals surface area contributed by atoms with Gasteiger partial charge in [-0.05, 0) is 6.07 Å². The number of nitrogens with two attached hydrogens (primary N) is 1. The number of rotatable bonds is 6. The number of nitrogens with zero attached hydrogens (tertiary/aromatic N) is 1. The maximum Gasteiger partial charge on any atom is 0.293 e. The van der Waals surface area contributed by atoms with E-state index >= 15 is 0 Å². The van der Waals surface area contributed by atoms with Crippen LogP contribution in [0.1, 0.15) is 10.4 Å². The highest BCUT2D eigenvalue weighted by Crippen LogP contribution is 2.27. The Hall–Kier alpha value is -2.19. The first-order valence-corrected chi connectivity index (χ1v) is 5.07. The molecule has 0 heterocycles. The summed E-state index contributed by atoms with van der Waals surface area (Å²) >= 11 is 0. The van der Waals surface area contributed by atoms with E-state index in [1.807, 2.05) is 0 Å². The third kappa shape index (κ3) is 3.15. The number of para-hydroxylation sites is 1. The van der Waals surface area contributed by atoms with Gasteiger partial charge in [-0.3, -0.25) is 14.9 Å². The quantitative estimate of drug-likeness (QED) is 0.397. The molecular weight excluding hydrogens is 242 g/mol. The summed E-state index contributed by atoms with van der Waals surface area (Å²) in [7, 11) is 0. The fraction of sp³-hybridized carbons (Fsp3) is 0.300. The van der Waals surface area contributed by atoms with Gasteiger partial charge < -0.3 is 21.3 Å². The summed E-state index contributed by atoms with van der Waals surface area (Å²) in [4.78, 5) is 21.3. The van der Waals surface area contributed by atoms with Crippen molar-refractivity contribution in [1.82, 2.24) is 0 Å². The smallest absolute Gasteiger partial charge is 0.293 e. The summed E-state index contributed by atoms with van der Waals surface area (Å²) in [6.07, 6.45) is -1.09. The van der Waals surface area contributed by atoms with E-state index in [0.29, 0.717) is 0 Å². The molecule has 1 aromatic carbocycles. The number of nitro benzene ring substituents is 1. The molecule has 8 heteroatoms. The number of aliphatic hydroxyl groups is 2. The molecule has 0 aliphatic carbocycles.